The van der Waals surface area contributed by atoms with Crippen molar-refractivity contribution in [2.45, 2.75) is 25.7 Å². The van der Waals surface area contributed by atoms with Gasteiger partial charge in [-0.3, -0.25) is 0 Å². The zero-order chi connectivity index (χ0) is 10.1. The van der Waals surface area contributed by atoms with Crippen LogP contribution in [0.1, 0.15) is 25.7 Å². The zero-order valence-electron chi connectivity index (χ0n) is 9.26. The van der Waals surface area contributed by atoms with Gasteiger partial charge in [0.1, 0.15) is 0 Å². The van der Waals surface area contributed by atoms with E-state index in [1.165, 1.54) is 25.7 Å². The van der Waals surface area contributed by atoms with Crippen molar-refractivity contribution in [3.63, 3.8) is 0 Å². The van der Waals surface area contributed by atoms with Gasteiger partial charge < -0.3 is 14.8 Å². The molecule has 1 rings (SSSR count). The third-order valence-electron chi connectivity index (χ3n) is 2.52. The van der Waals surface area contributed by atoms with E-state index in [2.05, 4.69) is 5.32 Å². The first-order valence-corrected chi connectivity index (χ1v) is 5.71. The molecule has 0 aromatic heterocycles. The number of hydrogen-bond acceptors (Lipinski definition) is 3. The number of rotatable bonds is 10. The largest absolute Gasteiger partial charge is 0.382 e. The van der Waals surface area contributed by atoms with E-state index in [0.29, 0.717) is 13.2 Å². The smallest absolute Gasteiger partial charge is 0.0700 e. The Hall–Kier alpha value is -0.120. The van der Waals surface area contributed by atoms with Crippen LogP contribution >= 0.6 is 0 Å². The van der Waals surface area contributed by atoms with E-state index in [1.807, 2.05) is 0 Å². The van der Waals surface area contributed by atoms with Crippen LogP contribution in [0.4, 0.5) is 0 Å². The van der Waals surface area contributed by atoms with Crippen molar-refractivity contribution >= 4 is 0 Å². The molecule has 0 heterocycles. The van der Waals surface area contributed by atoms with Crippen molar-refractivity contribution in [3.05, 3.63) is 0 Å². The Kier molecular flexibility index (Phi) is 7.01. The van der Waals surface area contributed by atoms with Crippen LogP contribution in [-0.2, 0) is 9.47 Å². The van der Waals surface area contributed by atoms with Gasteiger partial charge in [0.2, 0.25) is 0 Å². The first-order valence-electron chi connectivity index (χ1n) is 5.71. The summed E-state index contributed by atoms with van der Waals surface area (Å²) in [6.07, 6.45) is 5.68. The van der Waals surface area contributed by atoms with Gasteiger partial charge in [-0.05, 0) is 25.3 Å². The van der Waals surface area contributed by atoms with Gasteiger partial charge in [-0.1, -0.05) is 12.8 Å². The summed E-state index contributed by atoms with van der Waals surface area (Å²) in [5.41, 5.74) is 0. The minimum atomic E-state index is 0.696. The van der Waals surface area contributed by atoms with E-state index in [-0.39, 0.29) is 0 Å². The van der Waals surface area contributed by atoms with Gasteiger partial charge in [-0.25, -0.2) is 0 Å². The Balaban J connectivity index is 1.63. The second-order valence-corrected chi connectivity index (χ2v) is 3.94. The third-order valence-corrected chi connectivity index (χ3v) is 2.52. The van der Waals surface area contributed by atoms with E-state index >= 15 is 0 Å². The molecular formula is C11H23NO2. The van der Waals surface area contributed by atoms with Crippen molar-refractivity contribution in [2.24, 2.45) is 5.92 Å². The molecule has 0 radical (unpaired) electrons. The van der Waals surface area contributed by atoms with Crippen LogP contribution in [0.5, 0.6) is 0 Å². The molecule has 0 saturated heterocycles. The molecule has 0 atom stereocenters. The standard InChI is InChI=1S/C11H23NO2/c1-13-9-10-14-8-7-12-6-2-3-11-4-5-11/h11-12H,2-10H2,1H3. The summed E-state index contributed by atoms with van der Waals surface area (Å²) >= 11 is 0. The Bertz CT molecular complexity index is 126. The molecule has 0 amide bonds. The van der Waals surface area contributed by atoms with Gasteiger partial charge >= 0.3 is 0 Å². The molecule has 14 heavy (non-hydrogen) atoms. The summed E-state index contributed by atoms with van der Waals surface area (Å²) in [6.45, 7) is 4.31. The first-order chi connectivity index (χ1) is 6.93. The maximum atomic E-state index is 5.33. The SMILES string of the molecule is COCCOCCNCCCC1CC1. The lowest BCUT2D eigenvalue weighted by Gasteiger charge is -2.05. The number of hydrogen-bond donors (Lipinski definition) is 1. The molecule has 0 unspecified atom stereocenters. The maximum absolute atomic E-state index is 5.33. The molecule has 0 bridgehead atoms. The molecule has 1 saturated carbocycles. The van der Waals surface area contributed by atoms with Crippen molar-refractivity contribution in [1.29, 1.82) is 0 Å². The molecule has 1 N–H and O–H groups in total. The first kappa shape index (κ1) is 12.0. The molecule has 1 aliphatic carbocycles. The monoisotopic (exact) mass is 201 g/mol. The fraction of sp³-hybridized carbons (Fsp3) is 1.00. The van der Waals surface area contributed by atoms with E-state index in [1.54, 1.807) is 7.11 Å². The lowest BCUT2D eigenvalue weighted by atomic mass is 10.2. The van der Waals surface area contributed by atoms with E-state index in [0.717, 1.165) is 25.6 Å². The predicted molar refractivity (Wildman–Crippen MR) is 57.5 cm³/mol. The molecule has 1 fully saturated rings. The van der Waals surface area contributed by atoms with Crippen molar-refractivity contribution < 1.29 is 9.47 Å². The highest BCUT2D eigenvalue weighted by molar-refractivity contribution is 4.72. The number of nitrogens with one attached hydrogen (secondary N) is 1. The van der Waals surface area contributed by atoms with Crippen LogP contribution in [0.25, 0.3) is 0 Å². The van der Waals surface area contributed by atoms with Gasteiger partial charge in [-0.2, -0.15) is 0 Å². The summed E-state index contributed by atoms with van der Waals surface area (Å²) in [5, 5.41) is 3.38. The molecule has 3 nitrogen and oxygen atoms in total. The molecule has 0 spiro atoms. The van der Waals surface area contributed by atoms with E-state index in [9.17, 15) is 0 Å². The molecular weight excluding hydrogens is 178 g/mol. The van der Waals surface area contributed by atoms with Crippen molar-refractivity contribution in [1.82, 2.24) is 5.32 Å². The lowest BCUT2D eigenvalue weighted by molar-refractivity contribution is 0.0720. The van der Waals surface area contributed by atoms with Crippen LogP contribution in [0.3, 0.4) is 0 Å². The van der Waals surface area contributed by atoms with Crippen LogP contribution in [0.15, 0.2) is 0 Å². The number of methoxy groups -OCH3 is 1. The molecule has 0 aromatic rings. The summed E-state index contributed by atoms with van der Waals surface area (Å²) in [4.78, 5) is 0. The zero-order valence-corrected chi connectivity index (χ0v) is 9.26. The second kappa shape index (κ2) is 8.21. The Morgan fingerprint density at radius 3 is 2.71 bits per heavy atom. The number of ether oxygens (including phenoxy) is 2. The normalized spacial score (nSPS) is 16.1. The molecule has 1 aliphatic rings. The second-order valence-electron chi connectivity index (χ2n) is 3.94. The van der Waals surface area contributed by atoms with Gasteiger partial charge in [0.25, 0.3) is 0 Å². The highest BCUT2D eigenvalue weighted by atomic mass is 16.5. The van der Waals surface area contributed by atoms with E-state index < -0.39 is 0 Å². The molecule has 0 aliphatic heterocycles. The van der Waals surface area contributed by atoms with Crippen LogP contribution < -0.4 is 5.32 Å². The minimum absolute atomic E-state index is 0.696. The Morgan fingerprint density at radius 1 is 1.14 bits per heavy atom. The molecule has 84 valence electrons. The molecule has 3 heteroatoms. The van der Waals surface area contributed by atoms with Gasteiger partial charge in [0, 0.05) is 13.7 Å². The summed E-state index contributed by atoms with van der Waals surface area (Å²) in [6, 6.07) is 0. The predicted octanol–water partition coefficient (Wildman–Crippen LogP) is 1.43. The van der Waals surface area contributed by atoms with Crippen LogP contribution in [0.2, 0.25) is 0 Å². The minimum Gasteiger partial charge on any atom is -0.382 e. The Morgan fingerprint density at radius 2 is 2.00 bits per heavy atom. The quantitative estimate of drug-likeness (QED) is 0.542. The maximum Gasteiger partial charge on any atom is 0.0700 e. The van der Waals surface area contributed by atoms with Crippen molar-refractivity contribution in [3.8, 4) is 0 Å². The van der Waals surface area contributed by atoms with Gasteiger partial charge in [0.05, 0.1) is 19.8 Å². The van der Waals surface area contributed by atoms with Gasteiger partial charge in [-0.15, -0.1) is 0 Å². The average molecular weight is 201 g/mol. The third kappa shape index (κ3) is 7.30. The Labute approximate surface area is 87.2 Å². The van der Waals surface area contributed by atoms with Crippen LogP contribution in [-0.4, -0.2) is 40.0 Å². The molecule has 0 aromatic carbocycles. The van der Waals surface area contributed by atoms with Gasteiger partial charge in [0.15, 0.2) is 0 Å². The lowest BCUT2D eigenvalue weighted by Crippen LogP contribution is -2.21. The van der Waals surface area contributed by atoms with E-state index in [4.69, 9.17) is 9.47 Å². The summed E-state index contributed by atoms with van der Waals surface area (Å²) in [7, 11) is 1.69. The fourth-order valence-electron chi connectivity index (χ4n) is 1.44. The van der Waals surface area contributed by atoms with Crippen LogP contribution in [0, 0.1) is 5.92 Å². The topological polar surface area (TPSA) is 30.5 Å². The summed E-state index contributed by atoms with van der Waals surface area (Å²) < 4.78 is 10.2. The van der Waals surface area contributed by atoms with Crippen molar-refractivity contribution in [2.75, 3.05) is 40.0 Å². The highest BCUT2D eigenvalue weighted by Gasteiger charge is 2.19. The summed E-state index contributed by atoms with van der Waals surface area (Å²) in [5.74, 6) is 1.06. The fourth-order valence-corrected chi connectivity index (χ4v) is 1.44. The highest BCUT2D eigenvalue weighted by Crippen LogP contribution is 2.33. The average Bonchev–Trinajstić information content (AvgIpc) is 2.99.